The molecule has 1 saturated heterocycles. The number of terminal acetylenes is 1. The van der Waals surface area contributed by atoms with E-state index in [0.717, 1.165) is 31.5 Å². The number of guanidine groups is 1. The van der Waals surface area contributed by atoms with Crippen molar-refractivity contribution in [3.63, 3.8) is 0 Å². The van der Waals surface area contributed by atoms with E-state index in [2.05, 4.69) is 21.1 Å². The maximum atomic E-state index is 11.9. The van der Waals surface area contributed by atoms with Crippen molar-refractivity contribution >= 4 is 41.5 Å². The molecule has 0 radical (unpaired) electrons. The molecule has 1 amide bonds. The SMILES string of the molecule is C#Cc1cccc(NC(=O)CN=C(N)N2CCCCCC2)c1.I. The highest BCUT2D eigenvalue weighted by molar-refractivity contribution is 14.0. The molecule has 124 valence electrons. The highest BCUT2D eigenvalue weighted by atomic mass is 127. The van der Waals surface area contributed by atoms with E-state index in [0.29, 0.717) is 11.6 Å². The van der Waals surface area contributed by atoms with Gasteiger partial charge in [-0.25, -0.2) is 4.99 Å². The average molecular weight is 426 g/mol. The molecule has 0 aromatic heterocycles. The molecule has 0 bridgehead atoms. The third-order valence-corrected chi connectivity index (χ3v) is 3.63. The number of hydrogen-bond acceptors (Lipinski definition) is 2. The number of carbonyl (C=O) groups excluding carboxylic acids is 1. The molecule has 5 nitrogen and oxygen atoms in total. The molecule has 0 spiro atoms. The monoisotopic (exact) mass is 426 g/mol. The van der Waals surface area contributed by atoms with E-state index in [1.165, 1.54) is 12.8 Å². The summed E-state index contributed by atoms with van der Waals surface area (Å²) in [7, 11) is 0. The fraction of sp³-hybridized carbons (Fsp3) is 0.412. The van der Waals surface area contributed by atoms with Crippen molar-refractivity contribution in [1.82, 2.24) is 4.90 Å². The van der Waals surface area contributed by atoms with Gasteiger partial charge in [0.2, 0.25) is 5.91 Å². The van der Waals surface area contributed by atoms with Crippen LogP contribution in [-0.2, 0) is 4.79 Å². The van der Waals surface area contributed by atoms with Crippen LogP contribution in [0, 0.1) is 12.3 Å². The number of hydrogen-bond donors (Lipinski definition) is 2. The molecule has 0 unspecified atom stereocenters. The number of amides is 1. The van der Waals surface area contributed by atoms with Gasteiger partial charge in [-0.05, 0) is 31.0 Å². The van der Waals surface area contributed by atoms with E-state index in [1.807, 2.05) is 6.07 Å². The first-order chi connectivity index (χ1) is 10.7. The smallest absolute Gasteiger partial charge is 0.246 e. The summed E-state index contributed by atoms with van der Waals surface area (Å²) >= 11 is 0. The van der Waals surface area contributed by atoms with Crippen LogP contribution in [0.1, 0.15) is 31.2 Å². The van der Waals surface area contributed by atoms with Gasteiger partial charge in [0.1, 0.15) is 6.54 Å². The zero-order chi connectivity index (χ0) is 15.8. The Bertz CT molecular complexity index is 587. The van der Waals surface area contributed by atoms with Crippen molar-refractivity contribution in [3.05, 3.63) is 29.8 Å². The molecule has 2 rings (SSSR count). The second-order valence-corrected chi connectivity index (χ2v) is 5.35. The Labute approximate surface area is 154 Å². The second-order valence-electron chi connectivity index (χ2n) is 5.35. The summed E-state index contributed by atoms with van der Waals surface area (Å²) in [6, 6.07) is 7.16. The number of likely N-dealkylation sites (tertiary alicyclic amines) is 1. The van der Waals surface area contributed by atoms with E-state index < -0.39 is 0 Å². The number of aliphatic imine (C=N–C) groups is 1. The minimum absolute atomic E-state index is 0. The lowest BCUT2D eigenvalue weighted by molar-refractivity contribution is -0.114. The van der Waals surface area contributed by atoms with Crippen molar-refractivity contribution in [2.24, 2.45) is 10.7 Å². The first-order valence-corrected chi connectivity index (χ1v) is 7.60. The van der Waals surface area contributed by atoms with Gasteiger partial charge in [-0.1, -0.05) is 24.8 Å². The van der Waals surface area contributed by atoms with Crippen LogP contribution >= 0.6 is 24.0 Å². The van der Waals surface area contributed by atoms with Crippen LogP contribution in [0.15, 0.2) is 29.3 Å². The second kappa shape index (κ2) is 10.1. The van der Waals surface area contributed by atoms with E-state index in [-0.39, 0.29) is 36.4 Å². The van der Waals surface area contributed by atoms with Crippen molar-refractivity contribution in [2.75, 3.05) is 25.0 Å². The number of nitrogens with zero attached hydrogens (tertiary/aromatic N) is 2. The normalized spacial score (nSPS) is 15.1. The fourth-order valence-corrected chi connectivity index (χ4v) is 2.44. The third kappa shape index (κ3) is 6.48. The summed E-state index contributed by atoms with van der Waals surface area (Å²) in [6.45, 7) is 1.85. The first-order valence-electron chi connectivity index (χ1n) is 7.60. The number of halogens is 1. The Kier molecular flexibility index (Phi) is 8.48. The molecule has 1 fully saturated rings. The van der Waals surface area contributed by atoms with Crippen LogP contribution in [0.25, 0.3) is 0 Å². The van der Waals surface area contributed by atoms with Crippen LogP contribution < -0.4 is 11.1 Å². The number of nitrogens with two attached hydrogens (primary N) is 1. The van der Waals surface area contributed by atoms with Gasteiger partial charge in [-0.15, -0.1) is 30.4 Å². The van der Waals surface area contributed by atoms with Crippen LogP contribution in [-0.4, -0.2) is 36.4 Å². The largest absolute Gasteiger partial charge is 0.370 e. The quantitative estimate of drug-likeness (QED) is 0.338. The van der Waals surface area contributed by atoms with Gasteiger partial charge in [-0.2, -0.15) is 0 Å². The molecule has 1 aromatic rings. The Hall–Kier alpha value is -1.75. The third-order valence-electron chi connectivity index (χ3n) is 3.63. The zero-order valence-corrected chi connectivity index (χ0v) is 15.5. The number of rotatable bonds is 3. The molecule has 0 atom stereocenters. The van der Waals surface area contributed by atoms with Crippen molar-refractivity contribution in [2.45, 2.75) is 25.7 Å². The summed E-state index contributed by atoms with van der Waals surface area (Å²) in [4.78, 5) is 18.2. The molecule has 3 N–H and O–H groups in total. The Morgan fingerprint density at radius 2 is 2.00 bits per heavy atom. The summed E-state index contributed by atoms with van der Waals surface area (Å²) < 4.78 is 0. The van der Waals surface area contributed by atoms with Gasteiger partial charge in [0.15, 0.2) is 5.96 Å². The topological polar surface area (TPSA) is 70.7 Å². The molecule has 1 heterocycles. The van der Waals surface area contributed by atoms with Gasteiger partial charge in [0.05, 0.1) is 0 Å². The molecule has 0 saturated carbocycles. The van der Waals surface area contributed by atoms with Gasteiger partial charge >= 0.3 is 0 Å². The summed E-state index contributed by atoms with van der Waals surface area (Å²) in [6.07, 6.45) is 10.1. The predicted octanol–water partition coefficient (Wildman–Crippen LogP) is 2.42. The van der Waals surface area contributed by atoms with Gasteiger partial charge in [0.25, 0.3) is 0 Å². The van der Waals surface area contributed by atoms with Gasteiger partial charge in [0, 0.05) is 24.3 Å². The highest BCUT2D eigenvalue weighted by Crippen LogP contribution is 2.10. The lowest BCUT2D eigenvalue weighted by Gasteiger charge is -2.20. The van der Waals surface area contributed by atoms with E-state index in [4.69, 9.17) is 12.2 Å². The zero-order valence-electron chi connectivity index (χ0n) is 13.1. The average Bonchev–Trinajstić information content (AvgIpc) is 2.82. The summed E-state index contributed by atoms with van der Waals surface area (Å²) in [5, 5.41) is 2.77. The molecular weight excluding hydrogens is 403 g/mol. The Morgan fingerprint density at radius 1 is 1.30 bits per heavy atom. The number of carbonyl (C=O) groups is 1. The number of anilines is 1. The minimum Gasteiger partial charge on any atom is -0.370 e. The molecular formula is C17H23IN4O. The van der Waals surface area contributed by atoms with Gasteiger partial charge < -0.3 is 16.0 Å². The fourth-order valence-electron chi connectivity index (χ4n) is 2.44. The predicted molar refractivity (Wildman–Crippen MR) is 105 cm³/mol. The van der Waals surface area contributed by atoms with E-state index >= 15 is 0 Å². The molecule has 1 aliphatic rings. The van der Waals surface area contributed by atoms with E-state index in [9.17, 15) is 4.79 Å². The molecule has 1 aromatic carbocycles. The van der Waals surface area contributed by atoms with Crippen molar-refractivity contribution in [3.8, 4) is 12.3 Å². The standard InChI is InChI=1S/C17H22N4O.HI/c1-2-14-8-7-9-15(12-14)20-16(22)13-19-17(18)21-10-5-3-4-6-11-21;/h1,7-9,12H,3-6,10-11,13H2,(H2,18,19)(H,20,22);1H. The summed E-state index contributed by atoms with van der Waals surface area (Å²) in [5.74, 6) is 2.79. The summed E-state index contributed by atoms with van der Waals surface area (Å²) in [5.41, 5.74) is 7.37. The number of benzene rings is 1. The van der Waals surface area contributed by atoms with Gasteiger partial charge in [-0.3, -0.25) is 4.79 Å². The van der Waals surface area contributed by atoms with E-state index in [1.54, 1.807) is 18.2 Å². The molecule has 23 heavy (non-hydrogen) atoms. The van der Waals surface area contributed by atoms with Crippen molar-refractivity contribution in [1.29, 1.82) is 0 Å². The minimum atomic E-state index is -0.202. The van der Waals surface area contributed by atoms with Crippen LogP contribution in [0.5, 0.6) is 0 Å². The Morgan fingerprint density at radius 3 is 2.65 bits per heavy atom. The van der Waals surface area contributed by atoms with Crippen LogP contribution in [0.3, 0.4) is 0 Å². The molecule has 0 aliphatic carbocycles. The number of nitrogens with one attached hydrogen (secondary N) is 1. The lowest BCUT2D eigenvalue weighted by atomic mass is 10.2. The lowest BCUT2D eigenvalue weighted by Crippen LogP contribution is -2.38. The first kappa shape index (κ1) is 19.3. The molecule has 1 aliphatic heterocycles. The maximum absolute atomic E-state index is 11.9. The van der Waals surface area contributed by atoms with Crippen LogP contribution in [0.2, 0.25) is 0 Å². The van der Waals surface area contributed by atoms with Crippen LogP contribution in [0.4, 0.5) is 5.69 Å². The highest BCUT2D eigenvalue weighted by Gasteiger charge is 2.11. The maximum Gasteiger partial charge on any atom is 0.246 e. The molecule has 6 heteroatoms. The Balaban J connectivity index is 0.00000264. The van der Waals surface area contributed by atoms with Crippen molar-refractivity contribution < 1.29 is 4.79 Å².